The molecule has 3 aromatic rings. The summed E-state index contributed by atoms with van der Waals surface area (Å²) in [6.45, 7) is -1.20. The highest BCUT2D eigenvalue weighted by Gasteiger charge is 2.27. The summed E-state index contributed by atoms with van der Waals surface area (Å²) in [6.07, 6.45) is 1.99. The van der Waals surface area contributed by atoms with Gasteiger partial charge in [0.25, 0.3) is 11.8 Å². The Hall–Kier alpha value is -5.15. The molecule has 0 saturated carbocycles. The Balaban J connectivity index is 0.00000108. The van der Waals surface area contributed by atoms with Gasteiger partial charge in [0.05, 0.1) is 31.7 Å². The molecular weight excluding hydrogens is 565 g/mol. The van der Waals surface area contributed by atoms with Crippen LogP contribution in [-0.4, -0.2) is 64.0 Å². The highest BCUT2D eigenvalue weighted by Crippen LogP contribution is 2.34. The van der Waals surface area contributed by atoms with Crippen LogP contribution in [0.25, 0.3) is 0 Å². The number of carbonyl (C=O) groups is 4. The SMILES string of the molecule is CN(C)C=O.COc1cc(NC(=O)c2ccco2)c(C(=O)OCC(=O)Nc2c(F)c(F)c(F)c(F)c2F)cc1OC. The van der Waals surface area contributed by atoms with Crippen LogP contribution in [0.5, 0.6) is 11.5 Å². The molecule has 2 aromatic carbocycles. The van der Waals surface area contributed by atoms with Crippen molar-refractivity contribution in [3.05, 3.63) is 70.9 Å². The van der Waals surface area contributed by atoms with Gasteiger partial charge in [-0.2, -0.15) is 0 Å². The van der Waals surface area contributed by atoms with Gasteiger partial charge >= 0.3 is 5.97 Å². The average molecular weight is 587 g/mol. The minimum Gasteiger partial charge on any atom is -0.493 e. The zero-order valence-electron chi connectivity index (χ0n) is 21.8. The fraction of sp³-hybridized carbons (Fsp3) is 0.200. The zero-order chi connectivity index (χ0) is 30.9. The van der Waals surface area contributed by atoms with Crippen molar-refractivity contribution in [3.8, 4) is 11.5 Å². The third kappa shape index (κ3) is 7.93. The molecule has 0 spiro atoms. The molecule has 0 unspecified atom stereocenters. The summed E-state index contributed by atoms with van der Waals surface area (Å²) in [7, 11) is 5.92. The minimum absolute atomic E-state index is 0.0336. The van der Waals surface area contributed by atoms with E-state index in [2.05, 4.69) is 5.32 Å². The quantitative estimate of drug-likeness (QED) is 0.127. The number of methoxy groups -OCH3 is 2. The number of halogens is 5. The van der Waals surface area contributed by atoms with Gasteiger partial charge in [-0.25, -0.2) is 26.7 Å². The molecule has 0 atom stereocenters. The number of furan rings is 1. The third-order valence-corrected chi connectivity index (χ3v) is 4.76. The highest BCUT2D eigenvalue weighted by atomic mass is 19.2. The number of nitrogens with zero attached hydrogens (tertiary/aromatic N) is 1. The number of anilines is 2. The van der Waals surface area contributed by atoms with Crippen molar-refractivity contribution >= 4 is 35.6 Å². The molecule has 16 heteroatoms. The number of hydrogen-bond donors (Lipinski definition) is 2. The van der Waals surface area contributed by atoms with Crippen LogP contribution in [0.2, 0.25) is 0 Å². The van der Waals surface area contributed by atoms with E-state index in [4.69, 9.17) is 18.6 Å². The molecule has 0 aliphatic heterocycles. The summed E-state index contributed by atoms with van der Waals surface area (Å²) in [4.78, 5) is 47.9. The van der Waals surface area contributed by atoms with Gasteiger partial charge in [-0.3, -0.25) is 14.4 Å². The molecule has 0 saturated heterocycles. The van der Waals surface area contributed by atoms with Crippen molar-refractivity contribution in [2.75, 3.05) is 45.6 Å². The Bertz CT molecular complexity index is 1400. The first-order valence-electron chi connectivity index (χ1n) is 11.1. The molecule has 1 heterocycles. The molecule has 1 aromatic heterocycles. The van der Waals surface area contributed by atoms with Gasteiger partial charge in [-0.1, -0.05) is 0 Å². The number of carbonyl (C=O) groups excluding carboxylic acids is 4. The molecule has 3 amide bonds. The number of ether oxygens (including phenoxy) is 3. The van der Waals surface area contributed by atoms with E-state index in [1.165, 1.54) is 48.9 Å². The molecule has 0 fully saturated rings. The monoisotopic (exact) mass is 587 g/mol. The maximum Gasteiger partial charge on any atom is 0.340 e. The van der Waals surface area contributed by atoms with Gasteiger partial charge in [0.15, 0.2) is 47.1 Å². The molecule has 3 rings (SSSR count). The molecule has 0 aliphatic rings. The van der Waals surface area contributed by atoms with E-state index in [1.54, 1.807) is 14.1 Å². The van der Waals surface area contributed by atoms with E-state index in [-0.39, 0.29) is 28.5 Å². The van der Waals surface area contributed by atoms with Crippen LogP contribution in [0.3, 0.4) is 0 Å². The average Bonchev–Trinajstić information content (AvgIpc) is 3.51. The summed E-state index contributed by atoms with van der Waals surface area (Å²) < 4.78 is 87.3. The first-order valence-corrected chi connectivity index (χ1v) is 11.1. The van der Waals surface area contributed by atoms with Crippen molar-refractivity contribution in [3.63, 3.8) is 0 Å². The summed E-state index contributed by atoms with van der Waals surface area (Å²) in [6, 6.07) is 5.12. The van der Waals surface area contributed by atoms with Crippen LogP contribution in [0.4, 0.5) is 33.3 Å². The fourth-order valence-electron chi connectivity index (χ4n) is 2.84. The standard InChI is InChI=1S/C22H15F5N2O7.C3H7NO/c1-33-12-6-9(10(7-13(12)34-2)28-21(31)11-4-3-5-35-11)22(32)36-8-14(30)29-20-18(26)16(24)15(23)17(25)19(20)27;1-4(2)3-5/h3-7H,8H2,1-2H3,(H,28,31)(H,29,30);3H,1-2H3. The summed E-state index contributed by atoms with van der Waals surface area (Å²) >= 11 is 0. The molecule has 11 nitrogen and oxygen atoms in total. The molecule has 220 valence electrons. The zero-order valence-corrected chi connectivity index (χ0v) is 21.8. The Kier molecular flexibility index (Phi) is 11.2. The number of esters is 1. The van der Waals surface area contributed by atoms with Crippen LogP contribution in [0, 0.1) is 29.1 Å². The van der Waals surface area contributed by atoms with Crippen molar-refractivity contribution in [2.45, 2.75) is 0 Å². The normalized spacial score (nSPS) is 10.1. The van der Waals surface area contributed by atoms with Crippen LogP contribution in [-0.2, 0) is 14.3 Å². The van der Waals surface area contributed by atoms with Gasteiger partial charge in [0, 0.05) is 26.2 Å². The Morgan fingerprint density at radius 3 is 1.93 bits per heavy atom. The lowest BCUT2D eigenvalue weighted by Gasteiger charge is -2.15. The second kappa shape index (κ2) is 14.3. The van der Waals surface area contributed by atoms with E-state index in [0.29, 0.717) is 0 Å². The van der Waals surface area contributed by atoms with E-state index >= 15 is 0 Å². The maximum absolute atomic E-state index is 13.8. The molecule has 0 aliphatic carbocycles. The van der Waals surface area contributed by atoms with Crippen molar-refractivity contribution in [1.82, 2.24) is 4.90 Å². The van der Waals surface area contributed by atoms with Crippen LogP contribution < -0.4 is 20.1 Å². The Morgan fingerprint density at radius 1 is 0.902 bits per heavy atom. The number of hydrogen-bond acceptors (Lipinski definition) is 8. The van der Waals surface area contributed by atoms with Crippen molar-refractivity contribution in [2.24, 2.45) is 0 Å². The molecule has 2 N–H and O–H groups in total. The first kappa shape index (κ1) is 32.1. The van der Waals surface area contributed by atoms with Crippen molar-refractivity contribution in [1.29, 1.82) is 0 Å². The molecular formula is C25H22F5N3O8. The van der Waals surface area contributed by atoms with Gasteiger partial charge in [0.2, 0.25) is 12.2 Å². The largest absolute Gasteiger partial charge is 0.493 e. The van der Waals surface area contributed by atoms with Crippen LogP contribution in [0.15, 0.2) is 34.9 Å². The predicted octanol–water partition coefficient (Wildman–Crippen LogP) is 3.74. The highest BCUT2D eigenvalue weighted by molar-refractivity contribution is 6.07. The van der Waals surface area contributed by atoms with Gasteiger partial charge in [-0.05, 0) is 12.1 Å². The molecule has 0 bridgehead atoms. The lowest BCUT2D eigenvalue weighted by Crippen LogP contribution is -2.24. The third-order valence-electron chi connectivity index (χ3n) is 4.76. The van der Waals surface area contributed by atoms with E-state index in [1.807, 2.05) is 0 Å². The smallest absolute Gasteiger partial charge is 0.340 e. The maximum atomic E-state index is 13.8. The Morgan fingerprint density at radius 2 is 1.44 bits per heavy atom. The summed E-state index contributed by atoms with van der Waals surface area (Å²) in [5, 5.41) is 3.85. The fourth-order valence-corrected chi connectivity index (χ4v) is 2.84. The second-order valence-corrected chi connectivity index (χ2v) is 7.82. The first-order chi connectivity index (χ1) is 19.4. The topological polar surface area (TPSA) is 136 Å². The lowest BCUT2D eigenvalue weighted by atomic mass is 10.1. The predicted molar refractivity (Wildman–Crippen MR) is 131 cm³/mol. The number of amides is 3. The van der Waals surface area contributed by atoms with Crippen LogP contribution in [0.1, 0.15) is 20.9 Å². The van der Waals surface area contributed by atoms with Gasteiger partial charge in [-0.15, -0.1) is 0 Å². The van der Waals surface area contributed by atoms with E-state index in [9.17, 15) is 41.1 Å². The number of benzene rings is 2. The molecule has 0 radical (unpaired) electrons. The van der Waals surface area contributed by atoms with Gasteiger partial charge < -0.3 is 34.2 Å². The number of rotatable bonds is 9. The summed E-state index contributed by atoms with van der Waals surface area (Å²) in [5.41, 5.74) is -2.11. The lowest BCUT2D eigenvalue weighted by molar-refractivity contribution is -0.119. The summed E-state index contributed by atoms with van der Waals surface area (Å²) in [5.74, 6) is -14.9. The second-order valence-electron chi connectivity index (χ2n) is 7.82. The number of nitrogens with one attached hydrogen (secondary N) is 2. The van der Waals surface area contributed by atoms with Gasteiger partial charge in [0.1, 0.15) is 5.69 Å². The van der Waals surface area contributed by atoms with E-state index in [0.717, 1.165) is 12.5 Å². The Labute approximate surface area is 228 Å². The van der Waals surface area contributed by atoms with Crippen LogP contribution >= 0.6 is 0 Å². The minimum atomic E-state index is -2.41. The van der Waals surface area contributed by atoms with Crippen molar-refractivity contribution < 1.29 is 59.8 Å². The van der Waals surface area contributed by atoms with E-state index < -0.39 is 59.2 Å². The molecule has 41 heavy (non-hydrogen) atoms.